The number of rotatable bonds is 10. The molecule has 2 rings (SSSR count). The number of H-pyrrole nitrogens is 1. The molecule has 0 saturated heterocycles. The molecule has 0 aliphatic heterocycles. The maximum atomic E-state index is 4.07. The Morgan fingerprint density at radius 2 is 1.07 bits per heavy atom. The van der Waals surface area contributed by atoms with E-state index in [9.17, 15) is 0 Å². The van der Waals surface area contributed by atoms with Crippen molar-refractivity contribution in [2.75, 3.05) is 0 Å². The molecule has 0 aliphatic rings. The van der Waals surface area contributed by atoms with Crippen molar-refractivity contribution in [3.8, 4) is 0 Å². The first kappa shape index (κ1) is 21.5. The number of aromatic nitrogens is 1. The van der Waals surface area contributed by atoms with E-state index in [1.807, 2.05) is 42.5 Å². The average Bonchev–Trinajstić information content (AvgIpc) is 3.13. The first-order valence-electron chi connectivity index (χ1n) is 9.24. The van der Waals surface area contributed by atoms with Gasteiger partial charge in [0.15, 0.2) is 0 Å². The summed E-state index contributed by atoms with van der Waals surface area (Å²) in [6.45, 7) is 31.8. The molecule has 0 radical (unpaired) electrons. The van der Waals surface area contributed by atoms with Gasteiger partial charge in [-0.15, -0.1) is 0 Å². The summed E-state index contributed by atoms with van der Waals surface area (Å²) in [4.78, 5) is 3.58. The highest BCUT2D eigenvalue weighted by Crippen LogP contribution is 2.41. The first-order valence-corrected chi connectivity index (χ1v) is 9.24. The zero-order chi connectivity index (χ0) is 21.6. The van der Waals surface area contributed by atoms with Gasteiger partial charge in [-0.2, -0.15) is 0 Å². The lowest BCUT2D eigenvalue weighted by Crippen LogP contribution is -1.95. The van der Waals surface area contributed by atoms with Crippen LogP contribution in [0.3, 0.4) is 0 Å². The van der Waals surface area contributed by atoms with E-state index in [0.717, 1.165) is 55.6 Å². The van der Waals surface area contributed by atoms with Crippen LogP contribution in [0, 0.1) is 0 Å². The zero-order valence-electron chi connectivity index (χ0n) is 16.9. The molecule has 0 bridgehead atoms. The molecule has 1 aromatic carbocycles. The minimum atomic E-state index is 0.908. The molecule has 0 saturated carbocycles. The Bertz CT molecular complexity index is 1120. The fraction of sp³-hybridized carbons (Fsp3) is 0. The van der Waals surface area contributed by atoms with Crippen LogP contribution in [-0.2, 0) is 0 Å². The van der Waals surface area contributed by atoms with Crippen molar-refractivity contribution in [2.45, 2.75) is 0 Å². The van der Waals surface area contributed by atoms with E-state index in [4.69, 9.17) is 0 Å². The van der Waals surface area contributed by atoms with Gasteiger partial charge < -0.3 is 4.98 Å². The normalized spacial score (nSPS) is 11.6. The van der Waals surface area contributed by atoms with E-state index < -0.39 is 0 Å². The van der Waals surface area contributed by atoms with Gasteiger partial charge in [-0.05, 0) is 27.8 Å². The Balaban J connectivity index is 3.35. The summed E-state index contributed by atoms with van der Waals surface area (Å²) in [5, 5.41) is 1.01. The molecule has 0 amide bonds. The van der Waals surface area contributed by atoms with E-state index in [-0.39, 0.29) is 0 Å². The largest absolute Gasteiger partial charge is 0.353 e. The van der Waals surface area contributed by atoms with Crippen molar-refractivity contribution < 1.29 is 0 Å². The highest BCUT2D eigenvalue weighted by atomic mass is 14.7. The van der Waals surface area contributed by atoms with Crippen molar-refractivity contribution in [3.63, 3.8) is 0 Å². The third kappa shape index (κ3) is 3.51. The molecule has 29 heavy (non-hydrogen) atoms. The van der Waals surface area contributed by atoms with Crippen molar-refractivity contribution in [2.24, 2.45) is 0 Å². The maximum absolute atomic E-state index is 4.07. The molecule has 1 N–H and O–H groups in total. The van der Waals surface area contributed by atoms with E-state index in [2.05, 4.69) is 57.6 Å². The molecule has 1 aromatic heterocycles. The van der Waals surface area contributed by atoms with Gasteiger partial charge in [-0.3, -0.25) is 0 Å². The van der Waals surface area contributed by atoms with Crippen molar-refractivity contribution in [1.82, 2.24) is 4.98 Å². The summed E-state index contributed by atoms with van der Waals surface area (Å²) in [5.74, 6) is 0. The third-order valence-electron chi connectivity index (χ3n) is 4.84. The smallest absolute Gasteiger partial charge is 0.0551 e. The Kier molecular flexibility index (Phi) is 6.94. The maximum Gasteiger partial charge on any atom is 0.0551 e. The summed E-state index contributed by atoms with van der Waals surface area (Å²) in [7, 11) is 0. The number of allylic oxidation sites excluding steroid dienone is 8. The summed E-state index contributed by atoms with van der Waals surface area (Å²) in [6.07, 6.45) is 18.3. The van der Waals surface area contributed by atoms with Gasteiger partial charge >= 0.3 is 0 Å². The molecule has 0 spiro atoms. The second-order valence-corrected chi connectivity index (χ2v) is 6.22. The fourth-order valence-electron chi connectivity index (χ4n) is 3.66. The lowest BCUT2D eigenvalue weighted by atomic mass is 9.88. The number of hydrogen-bond acceptors (Lipinski definition) is 0. The van der Waals surface area contributed by atoms with Gasteiger partial charge in [-0.25, -0.2) is 0 Å². The number of benzene rings is 1. The second kappa shape index (κ2) is 9.38. The quantitative estimate of drug-likeness (QED) is 0.401. The Labute approximate surface area is 174 Å². The zero-order valence-corrected chi connectivity index (χ0v) is 16.9. The standard InChI is InChI=1S/C28H27N/c1-9-17-19(11-3)25-26-23(15-7)21(13-5)22(14-6)24(16-8)28(26)29-27(25)20(12-4)18-10-2/h9-18,29H,1-8H2/b19-17+,20-18+. The molecule has 0 aliphatic carbocycles. The molecule has 1 heterocycles. The van der Waals surface area contributed by atoms with Gasteiger partial charge in [0.1, 0.15) is 0 Å². The van der Waals surface area contributed by atoms with Crippen molar-refractivity contribution >= 4 is 46.4 Å². The summed E-state index contributed by atoms with van der Waals surface area (Å²) < 4.78 is 0. The molecule has 1 nitrogen and oxygen atoms in total. The summed E-state index contributed by atoms with van der Waals surface area (Å²) in [6, 6.07) is 0. The van der Waals surface area contributed by atoms with Crippen molar-refractivity contribution in [1.29, 1.82) is 0 Å². The molecule has 0 atom stereocenters. The van der Waals surface area contributed by atoms with Crippen LogP contribution in [-0.4, -0.2) is 4.98 Å². The van der Waals surface area contributed by atoms with E-state index in [1.54, 1.807) is 18.2 Å². The average molecular weight is 378 g/mol. The highest BCUT2D eigenvalue weighted by molar-refractivity contribution is 6.10. The monoisotopic (exact) mass is 377 g/mol. The van der Waals surface area contributed by atoms with Crippen LogP contribution < -0.4 is 0 Å². The van der Waals surface area contributed by atoms with Gasteiger partial charge in [0.05, 0.1) is 11.2 Å². The van der Waals surface area contributed by atoms with Crippen LogP contribution in [0.4, 0.5) is 0 Å². The van der Waals surface area contributed by atoms with Gasteiger partial charge in [-0.1, -0.05) is 113 Å². The lowest BCUT2D eigenvalue weighted by molar-refractivity contribution is 1.39. The topological polar surface area (TPSA) is 15.8 Å². The van der Waals surface area contributed by atoms with Gasteiger partial charge in [0.2, 0.25) is 0 Å². The van der Waals surface area contributed by atoms with Crippen LogP contribution in [0.1, 0.15) is 33.5 Å². The third-order valence-corrected chi connectivity index (χ3v) is 4.84. The van der Waals surface area contributed by atoms with Gasteiger partial charge in [0, 0.05) is 16.5 Å². The molecule has 1 heteroatoms. The minimum Gasteiger partial charge on any atom is -0.353 e. The molecular weight excluding hydrogens is 350 g/mol. The predicted molar refractivity (Wildman–Crippen MR) is 135 cm³/mol. The first-order chi connectivity index (χ1) is 14.1. The van der Waals surface area contributed by atoms with Crippen molar-refractivity contribution in [3.05, 3.63) is 123 Å². The van der Waals surface area contributed by atoms with E-state index in [1.165, 1.54) is 0 Å². The Hall–Kier alpha value is -3.84. The minimum absolute atomic E-state index is 0.908. The predicted octanol–water partition coefficient (Wildman–Crippen LogP) is 8.25. The van der Waals surface area contributed by atoms with E-state index >= 15 is 0 Å². The Morgan fingerprint density at radius 1 is 0.586 bits per heavy atom. The van der Waals surface area contributed by atoms with Gasteiger partial charge in [0.25, 0.3) is 0 Å². The molecule has 2 aromatic rings. The number of nitrogens with one attached hydrogen (secondary N) is 1. The van der Waals surface area contributed by atoms with E-state index in [0.29, 0.717) is 0 Å². The summed E-state index contributed by atoms with van der Waals surface area (Å²) in [5.41, 5.74) is 8.50. The number of fused-ring (bicyclic) bond motifs is 1. The van der Waals surface area contributed by atoms with Crippen LogP contribution >= 0.6 is 0 Å². The summed E-state index contributed by atoms with van der Waals surface area (Å²) >= 11 is 0. The molecule has 0 unspecified atom stereocenters. The fourth-order valence-corrected chi connectivity index (χ4v) is 3.66. The number of aromatic amines is 1. The number of hydrogen-bond donors (Lipinski definition) is 1. The highest BCUT2D eigenvalue weighted by Gasteiger charge is 2.22. The molecule has 144 valence electrons. The molecule has 0 fully saturated rings. The Morgan fingerprint density at radius 3 is 1.52 bits per heavy atom. The lowest BCUT2D eigenvalue weighted by Gasteiger charge is -2.14. The SMILES string of the molecule is C=C/C=C(\C=C)c1[nH]c2c(C=C)c(C=C)c(C=C)c(C=C)c2c1/C(C=C)=C/C=C. The second-order valence-electron chi connectivity index (χ2n) is 6.22. The van der Waals surface area contributed by atoms with Crippen LogP contribution in [0.25, 0.3) is 46.4 Å². The van der Waals surface area contributed by atoms with Crippen LogP contribution in [0.2, 0.25) is 0 Å². The molecular formula is C28H27N. The van der Waals surface area contributed by atoms with Crippen LogP contribution in [0.15, 0.2) is 89.1 Å². The van der Waals surface area contributed by atoms with Crippen LogP contribution in [0.5, 0.6) is 0 Å².